The van der Waals surface area contributed by atoms with Gasteiger partial charge in [-0.05, 0) is 31.0 Å². The summed E-state index contributed by atoms with van der Waals surface area (Å²) in [4.78, 5) is 11.3. The van der Waals surface area contributed by atoms with Crippen LogP contribution in [0.25, 0.3) is 0 Å². The van der Waals surface area contributed by atoms with E-state index in [1.807, 2.05) is 0 Å². The summed E-state index contributed by atoms with van der Waals surface area (Å²) in [6, 6.07) is 2.24. The van der Waals surface area contributed by atoms with Crippen LogP contribution in [0.5, 0.6) is 0 Å². The molecule has 0 radical (unpaired) electrons. The Morgan fingerprint density at radius 1 is 1.50 bits per heavy atom. The van der Waals surface area contributed by atoms with Gasteiger partial charge in [-0.3, -0.25) is 4.79 Å². The van der Waals surface area contributed by atoms with Crippen LogP contribution < -0.4 is 5.73 Å². The van der Waals surface area contributed by atoms with Crippen molar-refractivity contribution in [2.24, 2.45) is 0 Å². The van der Waals surface area contributed by atoms with E-state index >= 15 is 0 Å². The molecule has 0 amide bonds. The van der Waals surface area contributed by atoms with Gasteiger partial charge in [0.1, 0.15) is 16.8 Å². The van der Waals surface area contributed by atoms with Crippen molar-refractivity contribution in [1.82, 2.24) is 4.31 Å². The monoisotopic (exact) mass is 302 g/mol. The molecule has 0 bridgehead atoms. The fourth-order valence-electron chi connectivity index (χ4n) is 2.26. The van der Waals surface area contributed by atoms with Crippen LogP contribution in [0.4, 0.5) is 10.1 Å². The number of carbonyl (C=O) groups excluding carboxylic acids is 1. The molecule has 1 fully saturated rings. The Labute approximate surface area is 116 Å². The number of methoxy groups -OCH3 is 1. The molecule has 0 aliphatic carbocycles. The first-order valence-corrected chi connectivity index (χ1v) is 7.46. The van der Waals surface area contributed by atoms with E-state index in [-0.39, 0.29) is 17.1 Å². The number of sulfonamides is 1. The van der Waals surface area contributed by atoms with E-state index in [4.69, 9.17) is 5.73 Å². The number of nitrogens with two attached hydrogens (primary N) is 1. The zero-order chi connectivity index (χ0) is 14.9. The highest BCUT2D eigenvalue weighted by Gasteiger charge is 2.40. The lowest BCUT2D eigenvalue weighted by Gasteiger charge is -2.22. The topological polar surface area (TPSA) is 89.7 Å². The van der Waals surface area contributed by atoms with E-state index in [1.165, 1.54) is 13.2 Å². The van der Waals surface area contributed by atoms with Crippen LogP contribution in [-0.2, 0) is 19.6 Å². The molecule has 6 nitrogen and oxygen atoms in total. The molecule has 0 saturated carbocycles. The third-order valence-electron chi connectivity index (χ3n) is 3.24. The molecule has 20 heavy (non-hydrogen) atoms. The zero-order valence-corrected chi connectivity index (χ0v) is 11.7. The van der Waals surface area contributed by atoms with Crippen LogP contribution in [0.2, 0.25) is 0 Å². The first-order valence-electron chi connectivity index (χ1n) is 6.02. The SMILES string of the molecule is COC(=O)C1CCCN1S(=O)(=O)c1cc(F)ccc1N. The summed E-state index contributed by atoms with van der Waals surface area (Å²) in [7, 11) is -2.83. The quantitative estimate of drug-likeness (QED) is 0.657. The third-order valence-corrected chi connectivity index (χ3v) is 5.20. The molecule has 1 saturated heterocycles. The van der Waals surface area contributed by atoms with Gasteiger partial charge in [0.25, 0.3) is 0 Å². The van der Waals surface area contributed by atoms with Crippen molar-refractivity contribution in [2.75, 3.05) is 19.4 Å². The molecule has 1 unspecified atom stereocenters. The molecule has 2 N–H and O–H groups in total. The molecule has 1 aliphatic rings. The van der Waals surface area contributed by atoms with Crippen LogP contribution in [0.3, 0.4) is 0 Å². The lowest BCUT2D eigenvalue weighted by Crippen LogP contribution is -2.41. The maximum atomic E-state index is 13.3. The van der Waals surface area contributed by atoms with Gasteiger partial charge in [0, 0.05) is 6.54 Å². The van der Waals surface area contributed by atoms with Crippen LogP contribution >= 0.6 is 0 Å². The number of rotatable bonds is 3. The van der Waals surface area contributed by atoms with Gasteiger partial charge >= 0.3 is 5.97 Å². The van der Waals surface area contributed by atoms with Crippen molar-refractivity contribution in [3.63, 3.8) is 0 Å². The van der Waals surface area contributed by atoms with Gasteiger partial charge in [0.05, 0.1) is 12.8 Å². The maximum Gasteiger partial charge on any atom is 0.324 e. The van der Waals surface area contributed by atoms with Gasteiger partial charge in [0.2, 0.25) is 10.0 Å². The molecule has 1 heterocycles. The molecule has 0 spiro atoms. The van der Waals surface area contributed by atoms with Crippen LogP contribution in [0.15, 0.2) is 23.1 Å². The highest BCUT2D eigenvalue weighted by molar-refractivity contribution is 7.89. The molecular formula is C12H15FN2O4S. The minimum atomic E-state index is -4.03. The van der Waals surface area contributed by atoms with Crippen molar-refractivity contribution < 1.29 is 22.3 Å². The minimum absolute atomic E-state index is 0.0538. The molecule has 1 aromatic carbocycles. The van der Waals surface area contributed by atoms with E-state index < -0.39 is 27.9 Å². The Morgan fingerprint density at radius 3 is 2.85 bits per heavy atom. The Bertz CT molecular complexity index is 632. The van der Waals surface area contributed by atoms with Crippen molar-refractivity contribution in [2.45, 2.75) is 23.8 Å². The number of nitrogen functional groups attached to an aromatic ring is 1. The van der Waals surface area contributed by atoms with Gasteiger partial charge in [-0.15, -0.1) is 0 Å². The number of carbonyl (C=O) groups is 1. The predicted octanol–water partition coefficient (Wildman–Crippen LogP) is 0.734. The number of ether oxygens (including phenoxy) is 1. The Morgan fingerprint density at radius 2 is 2.20 bits per heavy atom. The number of nitrogens with zero attached hydrogens (tertiary/aromatic N) is 1. The number of esters is 1. The van der Waals surface area contributed by atoms with Crippen LogP contribution in [-0.4, -0.2) is 38.4 Å². The summed E-state index contributed by atoms with van der Waals surface area (Å²) in [6.07, 6.45) is 0.912. The average Bonchev–Trinajstić information content (AvgIpc) is 2.90. The highest BCUT2D eigenvalue weighted by atomic mass is 32.2. The van der Waals surface area contributed by atoms with Gasteiger partial charge in [-0.25, -0.2) is 12.8 Å². The molecule has 8 heteroatoms. The highest BCUT2D eigenvalue weighted by Crippen LogP contribution is 2.30. The summed E-state index contributed by atoms with van der Waals surface area (Å²) in [5, 5.41) is 0. The molecule has 1 aromatic rings. The number of benzene rings is 1. The number of halogens is 1. The number of anilines is 1. The molecule has 110 valence electrons. The first-order chi connectivity index (χ1) is 9.37. The number of hydrogen-bond acceptors (Lipinski definition) is 5. The molecule has 2 rings (SSSR count). The Kier molecular flexibility index (Phi) is 3.96. The lowest BCUT2D eigenvalue weighted by atomic mass is 10.2. The predicted molar refractivity (Wildman–Crippen MR) is 69.7 cm³/mol. The van der Waals surface area contributed by atoms with Crippen molar-refractivity contribution in [3.05, 3.63) is 24.0 Å². The largest absolute Gasteiger partial charge is 0.468 e. The van der Waals surface area contributed by atoms with Crippen LogP contribution in [0, 0.1) is 5.82 Å². The average molecular weight is 302 g/mol. The fraction of sp³-hybridized carbons (Fsp3) is 0.417. The molecule has 1 aliphatic heterocycles. The summed E-state index contributed by atoms with van der Waals surface area (Å²) in [5.41, 5.74) is 5.55. The van der Waals surface area contributed by atoms with E-state index in [9.17, 15) is 17.6 Å². The molecule has 0 aromatic heterocycles. The minimum Gasteiger partial charge on any atom is -0.468 e. The number of hydrogen-bond donors (Lipinski definition) is 1. The fourth-order valence-corrected chi connectivity index (χ4v) is 4.03. The van der Waals surface area contributed by atoms with Gasteiger partial charge in [0.15, 0.2) is 0 Å². The van der Waals surface area contributed by atoms with E-state index in [2.05, 4.69) is 4.74 Å². The standard InChI is InChI=1S/C12H15FN2O4S/c1-19-12(16)10-3-2-6-15(10)20(17,18)11-7-8(13)4-5-9(11)14/h4-5,7,10H,2-3,6,14H2,1H3. The summed E-state index contributed by atoms with van der Waals surface area (Å²) in [6.45, 7) is 0.179. The zero-order valence-electron chi connectivity index (χ0n) is 10.9. The van der Waals surface area contributed by atoms with Crippen molar-refractivity contribution in [1.29, 1.82) is 0 Å². The van der Waals surface area contributed by atoms with Gasteiger partial charge in [-0.2, -0.15) is 4.31 Å². The summed E-state index contributed by atoms with van der Waals surface area (Å²) < 4.78 is 43.9. The second kappa shape index (κ2) is 5.37. The molecule has 1 atom stereocenters. The van der Waals surface area contributed by atoms with E-state index in [0.717, 1.165) is 16.4 Å². The smallest absolute Gasteiger partial charge is 0.324 e. The Hall–Kier alpha value is -1.67. The van der Waals surface area contributed by atoms with Gasteiger partial charge in [-0.1, -0.05) is 0 Å². The van der Waals surface area contributed by atoms with E-state index in [0.29, 0.717) is 12.8 Å². The van der Waals surface area contributed by atoms with E-state index in [1.54, 1.807) is 0 Å². The first kappa shape index (κ1) is 14.7. The Balaban J connectivity index is 2.44. The second-order valence-corrected chi connectivity index (χ2v) is 6.34. The van der Waals surface area contributed by atoms with Gasteiger partial charge < -0.3 is 10.5 Å². The normalized spacial score (nSPS) is 20.0. The van der Waals surface area contributed by atoms with Crippen LogP contribution in [0.1, 0.15) is 12.8 Å². The maximum absolute atomic E-state index is 13.3. The second-order valence-electron chi connectivity index (χ2n) is 4.48. The van der Waals surface area contributed by atoms with Crippen molar-refractivity contribution in [3.8, 4) is 0 Å². The summed E-state index contributed by atoms with van der Waals surface area (Å²) >= 11 is 0. The molecular weight excluding hydrogens is 287 g/mol. The van der Waals surface area contributed by atoms with Crippen molar-refractivity contribution >= 4 is 21.7 Å². The third kappa shape index (κ3) is 2.48. The summed E-state index contributed by atoms with van der Waals surface area (Å²) in [5.74, 6) is -1.33. The lowest BCUT2D eigenvalue weighted by molar-refractivity contribution is -0.144.